The number of allylic oxidation sites excluding steroid dienone is 4. The Labute approximate surface area is 243 Å². The largest absolute Gasteiger partial charge is 0.326 e. The molecule has 42 heavy (non-hydrogen) atoms. The summed E-state index contributed by atoms with van der Waals surface area (Å²) in [4.78, 5) is 50.3. The molecule has 8 heteroatoms. The molecule has 0 saturated heterocycles. The van der Waals surface area contributed by atoms with E-state index in [-0.39, 0.29) is 23.6 Å². The number of nitrogens with one attached hydrogen (secondary N) is 4. The quantitative estimate of drug-likeness (QED) is 0.201. The zero-order valence-electron chi connectivity index (χ0n) is 22.6. The lowest BCUT2D eigenvalue weighted by molar-refractivity contribution is 0.0961. The molecule has 0 aromatic heterocycles. The number of anilines is 3. The third-order valence-corrected chi connectivity index (χ3v) is 6.54. The smallest absolute Gasteiger partial charge is 0.255 e. The van der Waals surface area contributed by atoms with Gasteiger partial charge in [-0.05, 0) is 104 Å². The monoisotopic (exact) mass is 556 g/mol. The summed E-state index contributed by atoms with van der Waals surface area (Å²) in [5.41, 5.74) is 4.35. The Hall–Kier alpha value is -5.76. The molecule has 1 aliphatic carbocycles. The van der Waals surface area contributed by atoms with Crippen molar-refractivity contribution in [3.63, 3.8) is 0 Å². The first-order valence-corrected chi connectivity index (χ1v) is 13.4. The van der Waals surface area contributed by atoms with Crippen molar-refractivity contribution in [3.8, 4) is 0 Å². The maximum atomic E-state index is 12.7. The Kier molecular flexibility index (Phi) is 8.64. The fourth-order valence-corrected chi connectivity index (χ4v) is 4.24. The predicted octanol–water partition coefficient (Wildman–Crippen LogP) is 6.41. The van der Waals surface area contributed by atoms with Crippen molar-refractivity contribution in [1.82, 2.24) is 5.32 Å². The van der Waals surface area contributed by atoms with E-state index in [0.717, 1.165) is 18.5 Å². The summed E-state index contributed by atoms with van der Waals surface area (Å²) in [6.45, 7) is 0. The van der Waals surface area contributed by atoms with Crippen LogP contribution in [0.1, 0.15) is 54.3 Å². The molecule has 4 aromatic rings. The van der Waals surface area contributed by atoms with E-state index in [1.54, 1.807) is 84.9 Å². The summed E-state index contributed by atoms with van der Waals surface area (Å²) in [6.07, 6.45) is 7.52. The second kappa shape index (κ2) is 13.1. The number of benzene rings is 4. The number of carbonyl (C=O) groups excluding carboxylic acids is 4. The number of amides is 4. The van der Waals surface area contributed by atoms with Crippen LogP contribution < -0.4 is 21.3 Å². The van der Waals surface area contributed by atoms with Gasteiger partial charge in [-0.1, -0.05) is 30.4 Å². The van der Waals surface area contributed by atoms with Crippen molar-refractivity contribution in [1.29, 1.82) is 0 Å². The molecule has 0 atom stereocenters. The summed E-state index contributed by atoms with van der Waals surface area (Å²) in [5, 5.41) is 11.3. The minimum absolute atomic E-state index is 0.217. The van der Waals surface area contributed by atoms with Gasteiger partial charge in [-0.25, -0.2) is 0 Å². The lowest BCUT2D eigenvalue weighted by atomic mass is 10.1. The van der Waals surface area contributed by atoms with E-state index in [4.69, 9.17) is 0 Å². The molecule has 1 aliphatic rings. The zero-order valence-corrected chi connectivity index (χ0v) is 22.6. The Bertz CT molecular complexity index is 1660. The molecule has 208 valence electrons. The standard InChI is InChI=1S/C34H28N4O4/c39-31(35-27-7-3-1-4-8-27)23-11-15-25(16-12-23)33(41)37-29-19-21-30(22-20-29)38-34(42)26-17-13-24(14-18-26)32(40)36-28-9-5-2-6-10-28/h1-5,7-9,11-22H,6,10H2,(H,35,39)(H,36,40)(H,37,41)(H,38,42). The van der Waals surface area contributed by atoms with Crippen LogP contribution >= 0.6 is 0 Å². The normalized spacial score (nSPS) is 12.0. The van der Waals surface area contributed by atoms with Crippen LogP contribution in [-0.4, -0.2) is 23.6 Å². The Balaban J connectivity index is 1.12. The Morgan fingerprint density at radius 3 is 1.21 bits per heavy atom. The molecule has 0 unspecified atom stereocenters. The van der Waals surface area contributed by atoms with Gasteiger partial charge in [-0.15, -0.1) is 0 Å². The van der Waals surface area contributed by atoms with E-state index >= 15 is 0 Å². The Morgan fingerprint density at radius 2 is 0.833 bits per heavy atom. The lowest BCUT2D eigenvalue weighted by Gasteiger charge is -2.11. The third-order valence-electron chi connectivity index (χ3n) is 6.54. The highest BCUT2D eigenvalue weighted by Crippen LogP contribution is 2.17. The molecule has 0 saturated carbocycles. The highest BCUT2D eigenvalue weighted by Gasteiger charge is 2.13. The molecule has 0 spiro atoms. The van der Waals surface area contributed by atoms with E-state index in [1.807, 2.05) is 36.4 Å². The number of hydrogen-bond donors (Lipinski definition) is 4. The first kappa shape index (κ1) is 27.8. The van der Waals surface area contributed by atoms with Gasteiger partial charge in [0.15, 0.2) is 0 Å². The van der Waals surface area contributed by atoms with Gasteiger partial charge in [-0.3, -0.25) is 19.2 Å². The molecule has 4 aromatic carbocycles. The van der Waals surface area contributed by atoms with E-state index in [9.17, 15) is 19.2 Å². The minimum atomic E-state index is -0.331. The summed E-state index contributed by atoms with van der Waals surface area (Å²) >= 11 is 0. The summed E-state index contributed by atoms with van der Waals surface area (Å²) in [5.74, 6) is -1.14. The van der Waals surface area contributed by atoms with Gasteiger partial charge in [0.05, 0.1) is 0 Å². The minimum Gasteiger partial charge on any atom is -0.326 e. The molecule has 4 amide bonds. The molecule has 5 rings (SSSR count). The van der Waals surface area contributed by atoms with E-state index in [1.165, 1.54) is 0 Å². The van der Waals surface area contributed by atoms with Gasteiger partial charge in [0.2, 0.25) is 0 Å². The van der Waals surface area contributed by atoms with E-state index < -0.39 is 0 Å². The van der Waals surface area contributed by atoms with Gasteiger partial charge in [0.1, 0.15) is 0 Å². The van der Waals surface area contributed by atoms with Crippen molar-refractivity contribution < 1.29 is 19.2 Å². The fraction of sp³-hybridized carbons (Fsp3) is 0.0588. The molecule has 0 bridgehead atoms. The fourth-order valence-electron chi connectivity index (χ4n) is 4.24. The second-order valence-electron chi connectivity index (χ2n) is 9.57. The van der Waals surface area contributed by atoms with Crippen LogP contribution in [0.15, 0.2) is 127 Å². The van der Waals surface area contributed by atoms with Gasteiger partial charge in [-0.2, -0.15) is 0 Å². The van der Waals surface area contributed by atoms with Crippen molar-refractivity contribution in [2.45, 2.75) is 12.8 Å². The topological polar surface area (TPSA) is 116 Å². The average Bonchev–Trinajstić information content (AvgIpc) is 3.03. The number of hydrogen-bond acceptors (Lipinski definition) is 4. The predicted molar refractivity (Wildman–Crippen MR) is 164 cm³/mol. The van der Waals surface area contributed by atoms with E-state index in [0.29, 0.717) is 39.3 Å². The van der Waals surface area contributed by atoms with Crippen LogP contribution in [0.4, 0.5) is 17.1 Å². The van der Waals surface area contributed by atoms with Crippen LogP contribution in [-0.2, 0) is 0 Å². The van der Waals surface area contributed by atoms with E-state index in [2.05, 4.69) is 21.3 Å². The van der Waals surface area contributed by atoms with Gasteiger partial charge < -0.3 is 21.3 Å². The molecule has 0 fully saturated rings. The lowest BCUT2D eigenvalue weighted by Crippen LogP contribution is -2.23. The van der Waals surface area contributed by atoms with Crippen molar-refractivity contribution in [2.24, 2.45) is 0 Å². The van der Waals surface area contributed by atoms with Crippen LogP contribution in [0.5, 0.6) is 0 Å². The Morgan fingerprint density at radius 1 is 0.452 bits per heavy atom. The highest BCUT2D eigenvalue weighted by molar-refractivity contribution is 6.08. The van der Waals surface area contributed by atoms with Gasteiger partial charge in [0.25, 0.3) is 23.6 Å². The summed E-state index contributed by atoms with van der Waals surface area (Å²) < 4.78 is 0. The van der Waals surface area contributed by atoms with Crippen LogP contribution in [0.3, 0.4) is 0 Å². The SMILES string of the molecule is O=C(NC1=CC=CCC1)c1ccc(C(=O)Nc2ccc(NC(=O)c3ccc(C(=O)Nc4ccccc4)cc3)cc2)cc1. The second-order valence-corrected chi connectivity index (χ2v) is 9.57. The molecule has 4 N–H and O–H groups in total. The summed E-state index contributed by atoms with van der Waals surface area (Å²) in [7, 11) is 0. The number of carbonyl (C=O) groups is 4. The molecule has 0 aliphatic heterocycles. The molecule has 0 heterocycles. The first-order valence-electron chi connectivity index (χ1n) is 13.4. The molecular weight excluding hydrogens is 528 g/mol. The van der Waals surface area contributed by atoms with Crippen molar-refractivity contribution in [2.75, 3.05) is 16.0 Å². The van der Waals surface area contributed by atoms with Gasteiger partial charge in [0, 0.05) is 45.0 Å². The average molecular weight is 557 g/mol. The molecule has 0 radical (unpaired) electrons. The maximum Gasteiger partial charge on any atom is 0.255 e. The van der Waals surface area contributed by atoms with Crippen molar-refractivity contribution >= 4 is 40.7 Å². The number of rotatable bonds is 8. The molecule has 8 nitrogen and oxygen atoms in total. The van der Waals surface area contributed by atoms with Crippen LogP contribution in [0.25, 0.3) is 0 Å². The van der Waals surface area contributed by atoms with Crippen LogP contribution in [0.2, 0.25) is 0 Å². The van der Waals surface area contributed by atoms with Crippen molar-refractivity contribution in [3.05, 3.63) is 149 Å². The number of para-hydroxylation sites is 1. The molecular formula is C34H28N4O4. The van der Waals surface area contributed by atoms with Crippen LogP contribution in [0, 0.1) is 0 Å². The zero-order chi connectivity index (χ0) is 29.3. The highest BCUT2D eigenvalue weighted by atomic mass is 16.2. The maximum absolute atomic E-state index is 12.7. The first-order chi connectivity index (χ1) is 20.4. The third kappa shape index (κ3) is 7.25. The van der Waals surface area contributed by atoms with Gasteiger partial charge >= 0.3 is 0 Å². The summed E-state index contributed by atoms with van der Waals surface area (Å²) in [6, 6.07) is 28.6.